The number of hydrogen-bond donors (Lipinski definition) is 1. The van der Waals surface area contributed by atoms with Crippen molar-refractivity contribution in [1.29, 1.82) is 0 Å². The van der Waals surface area contributed by atoms with Gasteiger partial charge in [-0.3, -0.25) is 0 Å². The third kappa shape index (κ3) is 5.30. The summed E-state index contributed by atoms with van der Waals surface area (Å²) >= 11 is 0. The SMILES string of the molecule is COc1ncc(-c2cc(OC3CCC(F)(F)CC3)c3ncnc(C)c3c2)cc1-c1c(F)ccc(S(N)(=O)=O)c1F. The number of alkyl halides is 2. The molecule has 2 aromatic carbocycles. The summed E-state index contributed by atoms with van der Waals surface area (Å²) in [4.78, 5) is 11.9. The van der Waals surface area contributed by atoms with Gasteiger partial charge >= 0.3 is 0 Å². The molecule has 2 N–H and O–H groups in total. The number of aryl methyl sites for hydroxylation is 1. The second kappa shape index (κ2) is 10.3. The van der Waals surface area contributed by atoms with Crippen molar-refractivity contribution in [2.45, 2.75) is 49.5 Å². The van der Waals surface area contributed by atoms with Crippen LogP contribution in [0.4, 0.5) is 17.6 Å². The zero-order valence-corrected chi connectivity index (χ0v) is 22.2. The summed E-state index contributed by atoms with van der Waals surface area (Å²) in [7, 11) is -3.25. The molecule has 13 heteroatoms. The fraction of sp³-hybridized carbons (Fsp3) is 0.296. The van der Waals surface area contributed by atoms with E-state index in [1.165, 1.54) is 25.7 Å². The van der Waals surface area contributed by atoms with E-state index >= 15 is 4.39 Å². The van der Waals surface area contributed by atoms with Crippen molar-refractivity contribution in [3.8, 4) is 33.9 Å². The zero-order valence-electron chi connectivity index (χ0n) is 21.4. The van der Waals surface area contributed by atoms with Gasteiger partial charge in [0, 0.05) is 35.7 Å². The number of nitrogens with zero attached hydrogens (tertiary/aromatic N) is 3. The van der Waals surface area contributed by atoms with Crippen LogP contribution in [0.15, 0.2) is 47.8 Å². The molecule has 1 saturated carbocycles. The van der Waals surface area contributed by atoms with Crippen LogP contribution < -0.4 is 14.6 Å². The van der Waals surface area contributed by atoms with Gasteiger partial charge in [-0.15, -0.1) is 0 Å². The topological polar surface area (TPSA) is 117 Å². The molecule has 0 bridgehead atoms. The van der Waals surface area contributed by atoms with Crippen molar-refractivity contribution >= 4 is 20.9 Å². The maximum Gasteiger partial charge on any atom is 0.248 e. The molecule has 0 unspecified atom stereocenters. The first-order valence-corrected chi connectivity index (χ1v) is 13.8. The van der Waals surface area contributed by atoms with Crippen LogP contribution in [0.1, 0.15) is 31.4 Å². The highest BCUT2D eigenvalue weighted by atomic mass is 32.2. The van der Waals surface area contributed by atoms with Gasteiger partial charge in [0.05, 0.1) is 24.3 Å². The van der Waals surface area contributed by atoms with E-state index in [1.54, 1.807) is 19.1 Å². The normalized spacial score (nSPS) is 15.8. The monoisotopic (exact) mass is 576 g/mol. The van der Waals surface area contributed by atoms with Gasteiger partial charge in [-0.2, -0.15) is 0 Å². The van der Waals surface area contributed by atoms with E-state index in [-0.39, 0.29) is 37.1 Å². The van der Waals surface area contributed by atoms with Gasteiger partial charge in [-0.1, -0.05) is 0 Å². The summed E-state index contributed by atoms with van der Waals surface area (Å²) in [5.41, 5.74) is 1.14. The predicted molar refractivity (Wildman–Crippen MR) is 139 cm³/mol. The quantitative estimate of drug-likeness (QED) is 0.299. The maximum atomic E-state index is 15.3. The number of rotatable bonds is 6. The van der Waals surface area contributed by atoms with Gasteiger partial charge in [0.15, 0.2) is 5.82 Å². The first kappa shape index (κ1) is 27.7. The van der Waals surface area contributed by atoms with Crippen LogP contribution in [0.3, 0.4) is 0 Å². The second-order valence-electron chi connectivity index (χ2n) is 9.56. The fourth-order valence-electron chi connectivity index (χ4n) is 4.78. The zero-order chi connectivity index (χ0) is 28.8. The van der Waals surface area contributed by atoms with Crippen molar-refractivity contribution in [3.05, 3.63) is 60.2 Å². The van der Waals surface area contributed by atoms with Crippen LogP contribution in [0.25, 0.3) is 33.2 Å². The summed E-state index contributed by atoms with van der Waals surface area (Å²) < 4.78 is 92.9. The molecule has 8 nitrogen and oxygen atoms in total. The Morgan fingerprint density at radius 2 is 1.75 bits per heavy atom. The summed E-state index contributed by atoms with van der Waals surface area (Å²) in [6.07, 6.45) is 2.07. The molecule has 0 spiro atoms. The number of aromatic nitrogens is 3. The lowest BCUT2D eigenvalue weighted by Gasteiger charge is -2.29. The Morgan fingerprint density at radius 3 is 2.42 bits per heavy atom. The van der Waals surface area contributed by atoms with Crippen molar-refractivity contribution in [3.63, 3.8) is 0 Å². The average Bonchev–Trinajstić information content (AvgIpc) is 2.89. The number of hydrogen-bond acceptors (Lipinski definition) is 7. The Bertz CT molecular complexity index is 1720. The molecule has 4 aromatic rings. The molecule has 1 fully saturated rings. The van der Waals surface area contributed by atoms with E-state index in [2.05, 4.69) is 15.0 Å². The van der Waals surface area contributed by atoms with Crippen LogP contribution in [-0.4, -0.2) is 42.5 Å². The smallest absolute Gasteiger partial charge is 0.248 e. The molecule has 2 heterocycles. The van der Waals surface area contributed by atoms with Gasteiger partial charge < -0.3 is 9.47 Å². The summed E-state index contributed by atoms with van der Waals surface area (Å²) in [6.45, 7) is 1.76. The molecular weight excluding hydrogens is 552 g/mol. The molecule has 2 aromatic heterocycles. The number of benzene rings is 2. The van der Waals surface area contributed by atoms with Crippen molar-refractivity contribution in [2.75, 3.05) is 7.11 Å². The number of nitrogens with two attached hydrogens (primary N) is 1. The Morgan fingerprint density at radius 1 is 1.02 bits per heavy atom. The Hall–Kier alpha value is -3.84. The van der Waals surface area contributed by atoms with E-state index in [1.807, 2.05) is 0 Å². The number of pyridine rings is 1. The van der Waals surface area contributed by atoms with Gasteiger partial charge in [-0.25, -0.2) is 46.1 Å². The van der Waals surface area contributed by atoms with Crippen LogP contribution in [0.5, 0.6) is 11.6 Å². The van der Waals surface area contributed by atoms with Crippen LogP contribution in [-0.2, 0) is 10.0 Å². The number of ether oxygens (including phenoxy) is 2. The van der Waals surface area contributed by atoms with Gasteiger partial charge in [0.2, 0.25) is 21.8 Å². The minimum atomic E-state index is -4.50. The molecule has 0 aliphatic heterocycles. The Labute approximate surface area is 227 Å². The largest absolute Gasteiger partial charge is 0.488 e. The van der Waals surface area contributed by atoms with Crippen LogP contribution >= 0.6 is 0 Å². The molecule has 210 valence electrons. The molecule has 0 radical (unpaired) electrons. The molecular formula is C27H24F4N4O4S. The lowest BCUT2D eigenvalue weighted by atomic mass is 9.94. The number of fused-ring (bicyclic) bond motifs is 1. The first-order valence-electron chi connectivity index (χ1n) is 12.2. The van der Waals surface area contributed by atoms with Crippen molar-refractivity contribution in [2.24, 2.45) is 5.14 Å². The van der Waals surface area contributed by atoms with Gasteiger partial charge in [0.1, 0.15) is 28.3 Å². The third-order valence-electron chi connectivity index (χ3n) is 6.87. The minimum Gasteiger partial charge on any atom is -0.488 e. The third-order valence-corrected chi connectivity index (χ3v) is 7.80. The average molecular weight is 577 g/mol. The lowest BCUT2D eigenvalue weighted by molar-refractivity contribution is -0.0580. The summed E-state index contributed by atoms with van der Waals surface area (Å²) in [5, 5.41) is 5.73. The van der Waals surface area contributed by atoms with Gasteiger partial charge in [0.25, 0.3) is 0 Å². The first-order chi connectivity index (χ1) is 18.9. The Balaban J connectivity index is 1.65. The number of halogens is 4. The predicted octanol–water partition coefficient (Wildman–Crippen LogP) is 5.56. The van der Waals surface area contributed by atoms with Gasteiger partial charge in [-0.05, 0) is 55.7 Å². The minimum absolute atomic E-state index is 0.154. The maximum absolute atomic E-state index is 15.3. The molecule has 5 rings (SSSR count). The highest BCUT2D eigenvalue weighted by molar-refractivity contribution is 7.89. The number of primary sulfonamides is 1. The molecule has 0 atom stereocenters. The van der Waals surface area contributed by atoms with E-state index in [4.69, 9.17) is 14.6 Å². The lowest BCUT2D eigenvalue weighted by Crippen LogP contribution is -2.30. The fourth-order valence-corrected chi connectivity index (χ4v) is 5.39. The highest BCUT2D eigenvalue weighted by Gasteiger charge is 2.36. The van der Waals surface area contributed by atoms with Crippen LogP contribution in [0.2, 0.25) is 0 Å². The summed E-state index contributed by atoms with van der Waals surface area (Å²) in [6, 6.07) is 6.31. The van der Waals surface area contributed by atoms with Crippen molar-refractivity contribution in [1.82, 2.24) is 15.0 Å². The van der Waals surface area contributed by atoms with Crippen molar-refractivity contribution < 1.29 is 35.5 Å². The molecule has 1 aliphatic rings. The molecule has 1 aliphatic carbocycles. The van der Waals surface area contributed by atoms with E-state index in [0.29, 0.717) is 33.5 Å². The molecule has 40 heavy (non-hydrogen) atoms. The van der Waals surface area contributed by atoms with E-state index in [0.717, 1.165) is 12.1 Å². The number of sulfonamides is 1. The number of methoxy groups -OCH3 is 1. The Kier molecular flexibility index (Phi) is 7.13. The molecule has 0 amide bonds. The van der Waals surface area contributed by atoms with E-state index in [9.17, 15) is 21.6 Å². The summed E-state index contributed by atoms with van der Waals surface area (Å²) in [5.74, 6) is -4.99. The van der Waals surface area contributed by atoms with E-state index < -0.39 is 44.1 Å². The standard InChI is InChI=1S/C27H24F4N4O4S/c1-14-18-9-15(11-21(25(18)35-13-34-14)39-17-5-7-27(30,31)8-6-17)16-10-19(26(38-2)33-12-16)23-20(28)3-4-22(24(23)29)40(32,36)37/h3-4,9-13,17H,5-8H2,1-2H3,(H2,32,36,37). The second-order valence-corrected chi connectivity index (χ2v) is 11.1. The highest BCUT2D eigenvalue weighted by Crippen LogP contribution is 2.40. The molecule has 0 saturated heterocycles. The van der Waals surface area contributed by atoms with Crippen LogP contribution in [0, 0.1) is 18.6 Å².